The minimum Gasteiger partial charge on any atom is -0.309 e. The van der Waals surface area contributed by atoms with Gasteiger partial charge in [-0.05, 0) is 63.5 Å². The Labute approximate surface area is 191 Å². The molecule has 0 aliphatic rings. The molecule has 1 amide bonds. The molecule has 0 bridgehead atoms. The van der Waals surface area contributed by atoms with Crippen LogP contribution in [0.2, 0.25) is 5.02 Å². The summed E-state index contributed by atoms with van der Waals surface area (Å²) in [5.41, 5.74) is 1.06. The van der Waals surface area contributed by atoms with Crippen LogP contribution in [0.5, 0.6) is 0 Å². The van der Waals surface area contributed by atoms with E-state index in [9.17, 15) is 13.2 Å². The van der Waals surface area contributed by atoms with E-state index < -0.39 is 10.0 Å². The number of carbonyl (C=O) groups is 1. The van der Waals surface area contributed by atoms with Crippen LogP contribution < -0.4 is 4.90 Å². The third-order valence-electron chi connectivity index (χ3n) is 4.70. The molecule has 0 spiro atoms. The summed E-state index contributed by atoms with van der Waals surface area (Å²) in [5, 5.41) is 1.11. The molecule has 10 heteroatoms. The van der Waals surface area contributed by atoms with E-state index in [1.807, 2.05) is 26.2 Å². The van der Waals surface area contributed by atoms with Crippen molar-refractivity contribution in [2.45, 2.75) is 11.3 Å². The van der Waals surface area contributed by atoms with Gasteiger partial charge in [-0.3, -0.25) is 9.69 Å². The van der Waals surface area contributed by atoms with Crippen LogP contribution in [0.3, 0.4) is 0 Å². The van der Waals surface area contributed by atoms with Crippen LogP contribution in [-0.2, 0) is 10.0 Å². The average Bonchev–Trinajstić information content (AvgIpc) is 3.16. The van der Waals surface area contributed by atoms with Gasteiger partial charge in [-0.1, -0.05) is 29.0 Å². The highest BCUT2D eigenvalue weighted by Crippen LogP contribution is 2.33. The number of thiazole rings is 1. The van der Waals surface area contributed by atoms with Crippen LogP contribution in [0.1, 0.15) is 16.8 Å². The molecule has 0 aliphatic heterocycles. The van der Waals surface area contributed by atoms with Gasteiger partial charge in [-0.2, -0.15) is 0 Å². The number of nitrogens with zero attached hydrogens (tertiary/aromatic N) is 4. The summed E-state index contributed by atoms with van der Waals surface area (Å²) in [4.78, 5) is 21.8. The molecule has 0 aliphatic carbocycles. The van der Waals surface area contributed by atoms with Crippen molar-refractivity contribution in [3.8, 4) is 0 Å². The van der Waals surface area contributed by atoms with Crippen molar-refractivity contribution in [3.05, 3.63) is 53.1 Å². The van der Waals surface area contributed by atoms with Crippen LogP contribution in [0.15, 0.2) is 47.4 Å². The van der Waals surface area contributed by atoms with Crippen LogP contribution in [0.4, 0.5) is 5.13 Å². The van der Waals surface area contributed by atoms with Gasteiger partial charge >= 0.3 is 0 Å². The number of benzene rings is 2. The molecule has 2 aromatic carbocycles. The lowest BCUT2D eigenvalue weighted by atomic mass is 10.2. The molecule has 7 nitrogen and oxygen atoms in total. The Balaban J connectivity index is 1.94. The largest absolute Gasteiger partial charge is 0.309 e. The molecule has 1 aromatic heterocycles. The minimum absolute atomic E-state index is 0.139. The number of amides is 1. The fraction of sp³-hybridized carbons (Fsp3) is 0.333. The summed E-state index contributed by atoms with van der Waals surface area (Å²) in [6.07, 6.45) is 0.759. The van der Waals surface area contributed by atoms with Crippen molar-refractivity contribution >= 4 is 54.2 Å². The summed E-state index contributed by atoms with van der Waals surface area (Å²) in [6, 6.07) is 11.5. The first-order valence-electron chi connectivity index (χ1n) is 9.65. The zero-order valence-corrected chi connectivity index (χ0v) is 20.3. The Hall–Kier alpha value is -2.04. The Kier molecular flexibility index (Phi) is 7.33. The zero-order valence-electron chi connectivity index (χ0n) is 17.9. The molecule has 0 atom stereocenters. The number of anilines is 1. The van der Waals surface area contributed by atoms with E-state index in [2.05, 4.69) is 9.88 Å². The molecule has 0 N–H and O–H groups in total. The quantitative estimate of drug-likeness (QED) is 0.490. The second-order valence-corrected chi connectivity index (χ2v) is 11.1. The highest BCUT2D eigenvalue weighted by molar-refractivity contribution is 7.89. The summed E-state index contributed by atoms with van der Waals surface area (Å²) >= 11 is 7.68. The van der Waals surface area contributed by atoms with Gasteiger partial charge in [0, 0.05) is 26.2 Å². The fourth-order valence-electron chi connectivity index (χ4n) is 2.98. The van der Waals surface area contributed by atoms with E-state index in [0.717, 1.165) is 22.0 Å². The van der Waals surface area contributed by atoms with Crippen molar-refractivity contribution in [2.24, 2.45) is 0 Å². The predicted molar refractivity (Wildman–Crippen MR) is 127 cm³/mol. The zero-order chi connectivity index (χ0) is 22.8. The number of sulfonamides is 1. The summed E-state index contributed by atoms with van der Waals surface area (Å²) in [6.45, 7) is 1.29. The number of rotatable bonds is 8. The van der Waals surface area contributed by atoms with Crippen molar-refractivity contribution < 1.29 is 13.2 Å². The first-order valence-corrected chi connectivity index (χ1v) is 12.3. The maximum Gasteiger partial charge on any atom is 0.260 e. The number of para-hydroxylation sites is 1. The number of hydrogen-bond donors (Lipinski definition) is 0. The molecule has 0 saturated heterocycles. The minimum atomic E-state index is -3.56. The van der Waals surface area contributed by atoms with Gasteiger partial charge in [0.15, 0.2) is 5.13 Å². The maximum atomic E-state index is 13.4. The van der Waals surface area contributed by atoms with E-state index in [1.54, 1.807) is 11.0 Å². The molecule has 0 unspecified atom stereocenters. The molecule has 166 valence electrons. The number of hydrogen-bond acceptors (Lipinski definition) is 6. The Morgan fingerprint density at radius 3 is 2.29 bits per heavy atom. The first kappa shape index (κ1) is 23.6. The van der Waals surface area contributed by atoms with E-state index in [-0.39, 0.29) is 10.8 Å². The normalized spacial score (nSPS) is 12.1. The molecule has 31 heavy (non-hydrogen) atoms. The van der Waals surface area contributed by atoms with Crippen molar-refractivity contribution in [1.82, 2.24) is 14.2 Å². The Morgan fingerprint density at radius 2 is 1.71 bits per heavy atom. The number of fused-ring (bicyclic) bond motifs is 1. The van der Waals surface area contributed by atoms with Gasteiger partial charge < -0.3 is 4.90 Å². The summed E-state index contributed by atoms with van der Waals surface area (Å²) in [5.74, 6) is -0.234. The van der Waals surface area contributed by atoms with Gasteiger partial charge in [-0.25, -0.2) is 17.7 Å². The van der Waals surface area contributed by atoms with Gasteiger partial charge in [0.1, 0.15) is 5.52 Å². The standard InChI is InChI=1S/C21H25ClN4O3S2/c1-24(2)13-6-14-26(21-23-19-17(22)7-5-8-18(19)30-21)20(27)15-9-11-16(12-10-15)31(28,29)25(3)4/h5,7-12H,6,13-14H2,1-4H3. The molecular formula is C21H25ClN4O3S2. The van der Waals surface area contributed by atoms with Crippen molar-refractivity contribution in [3.63, 3.8) is 0 Å². The lowest BCUT2D eigenvalue weighted by Crippen LogP contribution is -2.33. The lowest BCUT2D eigenvalue weighted by Gasteiger charge is -2.21. The molecule has 3 aromatic rings. The molecule has 3 rings (SSSR count). The van der Waals surface area contributed by atoms with E-state index in [0.29, 0.717) is 27.8 Å². The van der Waals surface area contributed by atoms with Crippen LogP contribution in [0, 0.1) is 0 Å². The smallest absolute Gasteiger partial charge is 0.260 e. The third kappa shape index (κ3) is 5.24. The van der Waals surface area contributed by atoms with Gasteiger partial charge in [0.2, 0.25) is 10.0 Å². The molecule has 1 heterocycles. The fourth-order valence-corrected chi connectivity index (χ4v) is 5.18. The van der Waals surface area contributed by atoms with Crippen molar-refractivity contribution in [2.75, 3.05) is 46.2 Å². The molecule has 0 saturated carbocycles. The molecule has 0 fully saturated rings. The predicted octanol–water partition coefficient (Wildman–Crippen LogP) is 3.80. The van der Waals surface area contributed by atoms with Crippen LogP contribution >= 0.6 is 22.9 Å². The number of aromatic nitrogens is 1. The Morgan fingerprint density at radius 1 is 1.03 bits per heavy atom. The highest BCUT2D eigenvalue weighted by atomic mass is 35.5. The highest BCUT2D eigenvalue weighted by Gasteiger charge is 2.23. The monoisotopic (exact) mass is 480 g/mol. The van der Waals surface area contributed by atoms with E-state index in [4.69, 9.17) is 11.6 Å². The second kappa shape index (κ2) is 9.62. The van der Waals surface area contributed by atoms with Crippen LogP contribution in [0.25, 0.3) is 10.2 Å². The third-order valence-corrected chi connectivity index (χ3v) is 7.88. The number of halogens is 1. The second-order valence-electron chi connectivity index (χ2n) is 7.51. The van der Waals surface area contributed by atoms with Crippen molar-refractivity contribution in [1.29, 1.82) is 0 Å². The summed E-state index contributed by atoms with van der Waals surface area (Å²) < 4.78 is 26.7. The molecule has 0 radical (unpaired) electrons. The van der Waals surface area contributed by atoms with E-state index in [1.165, 1.54) is 49.7 Å². The van der Waals surface area contributed by atoms with Gasteiger partial charge in [0.05, 0.1) is 14.6 Å². The van der Waals surface area contributed by atoms with Gasteiger partial charge in [-0.15, -0.1) is 0 Å². The van der Waals surface area contributed by atoms with E-state index >= 15 is 0 Å². The molecular weight excluding hydrogens is 456 g/mol. The topological polar surface area (TPSA) is 73.8 Å². The first-order chi connectivity index (χ1) is 14.6. The lowest BCUT2D eigenvalue weighted by molar-refractivity contribution is 0.0986. The van der Waals surface area contributed by atoms with Crippen LogP contribution in [-0.4, -0.2) is 69.8 Å². The SMILES string of the molecule is CN(C)CCCN(C(=O)c1ccc(S(=O)(=O)N(C)C)cc1)c1nc2c(Cl)cccc2s1. The summed E-state index contributed by atoms with van der Waals surface area (Å²) in [7, 11) is 3.34. The van der Waals surface area contributed by atoms with Gasteiger partial charge in [0.25, 0.3) is 5.91 Å². The number of carbonyl (C=O) groups excluding carboxylic acids is 1. The Bertz CT molecular complexity index is 1180. The average molecular weight is 481 g/mol. The maximum absolute atomic E-state index is 13.4.